The maximum absolute atomic E-state index is 13.0. The Morgan fingerprint density at radius 3 is 2.66 bits per heavy atom. The van der Waals surface area contributed by atoms with E-state index in [4.69, 9.17) is 16.3 Å². The number of ether oxygens (including phenoxy) is 1. The Labute approximate surface area is 196 Å². The smallest absolute Gasteiger partial charge is 0.266 e. The Kier molecular flexibility index (Phi) is 6.93. The van der Waals surface area contributed by atoms with E-state index in [0.29, 0.717) is 34.1 Å². The van der Waals surface area contributed by atoms with E-state index < -0.39 is 0 Å². The van der Waals surface area contributed by atoms with Crippen LogP contribution in [0.25, 0.3) is 6.08 Å². The first kappa shape index (κ1) is 22.1. The summed E-state index contributed by atoms with van der Waals surface area (Å²) in [6.07, 6.45) is 3.46. The van der Waals surface area contributed by atoms with Crippen molar-refractivity contribution in [2.75, 3.05) is 6.54 Å². The van der Waals surface area contributed by atoms with Crippen molar-refractivity contribution in [3.05, 3.63) is 93.6 Å². The largest absolute Gasteiger partial charge is 0.488 e. The molecule has 0 spiro atoms. The fourth-order valence-corrected chi connectivity index (χ4v) is 4.36. The number of amidine groups is 1. The molecule has 4 rings (SSSR count). The second-order valence-corrected chi connectivity index (χ2v) is 8.55. The molecule has 0 N–H and O–H groups in total. The van der Waals surface area contributed by atoms with E-state index in [1.807, 2.05) is 37.3 Å². The molecule has 0 saturated carbocycles. The third-order valence-corrected chi connectivity index (χ3v) is 6.18. The number of amides is 1. The number of aliphatic imine (C=N–C) groups is 1. The van der Waals surface area contributed by atoms with Gasteiger partial charge in [-0.2, -0.15) is 0 Å². The Morgan fingerprint density at radius 2 is 1.91 bits per heavy atom. The molecule has 0 bridgehead atoms. The molecular weight excluding hydrogens is 442 g/mol. The van der Waals surface area contributed by atoms with Gasteiger partial charge >= 0.3 is 0 Å². The summed E-state index contributed by atoms with van der Waals surface area (Å²) in [5.41, 5.74) is 3.67. The lowest BCUT2D eigenvalue weighted by Crippen LogP contribution is -2.28. The number of carbonyl (C=O) groups is 1. The van der Waals surface area contributed by atoms with E-state index in [0.717, 1.165) is 16.9 Å². The van der Waals surface area contributed by atoms with Crippen molar-refractivity contribution in [1.82, 2.24) is 9.88 Å². The zero-order valence-corrected chi connectivity index (χ0v) is 19.4. The standard InChI is InChI=1S/C25H22ClN3O2S/c1-3-29-24(30)22(32-25(29)28-20-8-6-14-27-23(20)26)15-19-7-4-5-9-21(19)31-16-18-12-10-17(2)11-13-18/h4-15H,3,16H2,1-2H3/b22-15-,28-25?. The summed E-state index contributed by atoms with van der Waals surface area (Å²) in [6, 6.07) is 19.5. The zero-order chi connectivity index (χ0) is 22.5. The number of nitrogens with zero attached hydrogens (tertiary/aromatic N) is 3. The molecular formula is C25H22ClN3O2S. The van der Waals surface area contributed by atoms with E-state index in [9.17, 15) is 4.79 Å². The summed E-state index contributed by atoms with van der Waals surface area (Å²) in [6.45, 7) is 4.93. The minimum absolute atomic E-state index is 0.0930. The summed E-state index contributed by atoms with van der Waals surface area (Å²) in [4.78, 5) is 23.9. The average Bonchev–Trinajstić information content (AvgIpc) is 3.09. The molecule has 1 aliphatic heterocycles. The van der Waals surface area contributed by atoms with E-state index >= 15 is 0 Å². The van der Waals surface area contributed by atoms with Crippen molar-refractivity contribution < 1.29 is 9.53 Å². The van der Waals surface area contributed by atoms with E-state index in [2.05, 4.69) is 41.2 Å². The molecule has 1 fully saturated rings. The summed E-state index contributed by atoms with van der Waals surface area (Å²) in [7, 11) is 0. The van der Waals surface area contributed by atoms with Crippen LogP contribution in [0.1, 0.15) is 23.6 Å². The van der Waals surface area contributed by atoms with Gasteiger partial charge < -0.3 is 4.74 Å². The predicted molar refractivity (Wildman–Crippen MR) is 131 cm³/mol. The summed E-state index contributed by atoms with van der Waals surface area (Å²) in [5, 5.41) is 0.882. The Bertz CT molecular complexity index is 1190. The molecule has 162 valence electrons. The first-order valence-corrected chi connectivity index (χ1v) is 11.4. The number of pyridine rings is 1. The van der Waals surface area contributed by atoms with Crippen molar-refractivity contribution in [2.45, 2.75) is 20.5 Å². The summed E-state index contributed by atoms with van der Waals surface area (Å²) in [5.74, 6) is 0.627. The Morgan fingerprint density at radius 1 is 1.12 bits per heavy atom. The molecule has 1 saturated heterocycles. The van der Waals surface area contributed by atoms with Gasteiger partial charge in [0.15, 0.2) is 10.3 Å². The first-order chi connectivity index (χ1) is 15.5. The molecule has 7 heteroatoms. The molecule has 0 radical (unpaired) electrons. The normalized spacial score (nSPS) is 16.2. The molecule has 3 aromatic rings. The third-order valence-electron chi connectivity index (χ3n) is 4.88. The van der Waals surface area contributed by atoms with Gasteiger partial charge in [-0.05, 0) is 55.4 Å². The van der Waals surface area contributed by atoms with Crippen LogP contribution in [-0.4, -0.2) is 27.5 Å². The number of likely N-dealkylation sites (N-methyl/N-ethyl adjacent to an activating group) is 1. The fraction of sp³-hybridized carbons (Fsp3) is 0.160. The topological polar surface area (TPSA) is 54.8 Å². The minimum atomic E-state index is -0.0930. The van der Waals surface area contributed by atoms with E-state index in [-0.39, 0.29) is 5.91 Å². The number of hydrogen-bond acceptors (Lipinski definition) is 5. The van der Waals surface area contributed by atoms with Crippen LogP contribution in [-0.2, 0) is 11.4 Å². The van der Waals surface area contributed by atoms with E-state index in [1.54, 1.807) is 23.2 Å². The maximum Gasteiger partial charge on any atom is 0.266 e. The molecule has 1 amide bonds. The molecule has 1 aromatic heterocycles. The highest BCUT2D eigenvalue weighted by atomic mass is 35.5. The van der Waals surface area contributed by atoms with Gasteiger partial charge in [0.05, 0.1) is 4.91 Å². The van der Waals surface area contributed by atoms with Crippen LogP contribution < -0.4 is 4.74 Å². The number of aromatic nitrogens is 1. The van der Waals surface area contributed by atoms with Crippen molar-refractivity contribution in [2.24, 2.45) is 4.99 Å². The second kappa shape index (κ2) is 10.0. The van der Waals surface area contributed by atoms with Gasteiger partial charge in [-0.25, -0.2) is 9.98 Å². The first-order valence-electron chi connectivity index (χ1n) is 10.2. The lowest BCUT2D eigenvalue weighted by molar-refractivity contribution is -0.122. The molecule has 32 heavy (non-hydrogen) atoms. The molecule has 0 unspecified atom stereocenters. The summed E-state index contributed by atoms with van der Waals surface area (Å²) < 4.78 is 6.07. The highest BCUT2D eigenvalue weighted by Gasteiger charge is 2.32. The Balaban J connectivity index is 1.59. The van der Waals surface area contributed by atoms with Crippen LogP contribution in [0, 0.1) is 6.92 Å². The highest BCUT2D eigenvalue weighted by molar-refractivity contribution is 8.18. The van der Waals surface area contributed by atoms with Gasteiger partial charge in [-0.1, -0.05) is 59.6 Å². The number of hydrogen-bond donors (Lipinski definition) is 0. The molecule has 1 aliphatic rings. The van der Waals surface area contributed by atoms with Gasteiger partial charge in [0.2, 0.25) is 0 Å². The van der Waals surface area contributed by atoms with Gasteiger partial charge in [-0.3, -0.25) is 9.69 Å². The number of rotatable bonds is 6. The number of para-hydroxylation sites is 1. The number of aryl methyl sites for hydroxylation is 1. The molecule has 5 nitrogen and oxygen atoms in total. The van der Waals surface area contributed by atoms with Crippen LogP contribution in [0.3, 0.4) is 0 Å². The lowest BCUT2D eigenvalue weighted by atomic mass is 10.1. The van der Waals surface area contributed by atoms with Crippen LogP contribution in [0.2, 0.25) is 5.15 Å². The molecule has 0 aliphatic carbocycles. The van der Waals surface area contributed by atoms with Crippen molar-refractivity contribution in [1.29, 1.82) is 0 Å². The molecule has 0 atom stereocenters. The third kappa shape index (κ3) is 5.03. The lowest BCUT2D eigenvalue weighted by Gasteiger charge is -2.12. The predicted octanol–water partition coefficient (Wildman–Crippen LogP) is 6.25. The van der Waals surface area contributed by atoms with Gasteiger partial charge in [0.1, 0.15) is 18.0 Å². The number of thioether (sulfide) groups is 1. The van der Waals surface area contributed by atoms with Crippen molar-refractivity contribution in [3.63, 3.8) is 0 Å². The van der Waals surface area contributed by atoms with Gasteiger partial charge in [-0.15, -0.1) is 0 Å². The highest BCUT2D eigenvalue weighted by Crippen LogP contribution is 2.36. The zero-order valence-electron chi connectivity index (χ0n) is 17.8. The van der Waals surface area contributed by atoms with Crippen molar-refractivity contribution in [3.8, 4) is 5.75 Å². The summed E-state index contributed by atoms with van der Waals surface area (Å²) >= 11 is 7.47. The average molecular weight is 464 g/mol. The number of benzene rings is 2. The molecule has 2 heterocycles. The van der Waals surface area contributed by atoms with Crippen LogP contribution in [0.15, 0.2) is 76.8 Å². The monoisotopic (exact) mass is 463 g/mol. The van der Waals surface area contributed by atoms with Gasteiger partial charge in [0, 0.05) is 18.3 Å². The van der Waals surface area contributed by atoms with Crippen LogP contribution >= 0.6 is 23.4 Å². The van der Waals surface area contributed by atoms with Gasteiger partial charge in [0.25, 0.3) is 5.91 Å². The van der Waals surface area contributed by atoms with Crippen LogP contribution in [0.5, 0.6) is 5.75 Å². The molecule has 2 aromatic carbocycles. The minimum Gasteiger partial charge on any atom is -0.488 e. The fourth-order valence-electron chi connectivity index (χ4n) is 3.15. The van der Waals surface area contributed by atoms with E-state index in [1.165, 1.54) is 17.3 Å². The van der Waals surface area contributed by atoms with Crippen LogP contribution in [0.4, 0.5) is 5.69 Å². The van der Waals surface area contributed by atoms with Crippen molar-refractivity contribution >= 4 is 46.2 Å². The Hall–Kier alpha value is -3.09. The second-order valence-electron chi connectivity index (χ2n) is 7.18. The number of carbonyl (C=O) groups excluding carboxylic acids is 1. The quantitative estimate of drug-likeness (QED) is 0.320. The number of halogens is 1. The SMILES string of the molecule is CCN1C(=O)/C(=C/c2ccccc2OCc2ccc(C)cc2)SC1=Nc1cccnc1Cl. The maximum atomic E-state index is 13.0.